The maximum absolute atomic E-state index is 11.9. The number of alkyl halides is 3. The SMILES string of the molecule is O=C(Cl)c1c(OC(F)(F)F)ncc(O)c1Cl. The Morgan fingerprint density at radius 2 is 2.06 bits per heavy atom. The molecule has 0 saturated carbocycles. The molecule has 0 saturated heterocycles. The second-order valence-corrected chi connectivity index (χ2v) is 3.18. The predicted molar refractivity (Wildman–Crippen MR) is 47.8 cm³/mol. The summed E-state index contributed by atoms with van der Waals surface area (Å²) in [5.74, 6) is -1.80. The first-order chi connectivity index (χ1) is 7.22. The predicted octanol–water partition coefficient (Wildman–Crippen LogP) is 2.72. The molecule has 0 spiro atoms. The topological polar surface area (TPSA) is 59.4 Å². The van der Waals surface area contributed by atoms with Gasteiger partial charge in [0, 0.05) is 0 Å². The fourth-order valence-electron chi connectivity index (χ4n) is 0.820. The highest BCUT2D eigenvalue weighted by Gasteiger charge is 2.34. The van der Waals surface area contributed by atoms with Gasteiger partial charge in [-0.25, -0.2) is 4.98 Å². The maximum Gasteiger partial charge on any atom is 0.574 e. The van der Waals surface area contributed by atoms with Gasteiger partial charge in [0.2, 0.25) is 5.88 Å². The minimum atomic E-state index is -5.05. The molecule has 0 atom stereocenters. The summed E-state index contributed by atoms with van der Waals surface area (Å²) in [6.45, 7) is 0. The van der Waals surface area contributed by atoms with Crippen molar-refractivity contribution in [1.82, 2.24) is 4.98 Å². The molecule has 0 aliphatic heterocycles. The normalized spacial score (nSPS) is 11.3. The van der Waals surface area contributed by atoms with Crippen molar-refractivity contribution >= 4 is 28.4 Å². The fourth-order valence-corrected chi connectivity index (χ4v) is 1.26. The second-order valence-electron chi connectivity index (χ2n) is 2.46. The van der Waals surface area contributed by atoms with Crippen LogP contribution in [0, 0.1) is 0 Å². The molecule has 1 heterocycles. The molecule has 0 aromatic carbocycles. The Morgan fingerprint density at radius 3 is 2.50 bits per heavy atom. The van der Waals surface area contributed by atoms with E-state index in [1.807, 2.05) is 0 Å². The number of aromatic hydroxyl groups is 1. The zero-order valence-electron chi connectivity index (χ0n) is 7.18. The minimum Gasteiger partial charge on any atom is -0.505 e. The van der Waals surface area contributed by atoms with Crippen molar-refractivity contribution in [3.05, 3.63) is 16.8 Å². The highest BCUT2D eigenvalue weighted by molar-refractivity contribution is 6.69. The quantitative estimate of drug-likeness (QED) is 0.843. The lowest BCUT2D eigenvalue weighted by Gasteiger charge is -2.11. The summed E-state index contributed by atoms with van der Waals surface area (Å²) in [5.41, 5.74) is -0.847. The van der Waals surface area contributed by atoms with Crippen LogP contribution in [0.25, 0.3) is 0 Å². The monoisotopic (exact) mass is 275 g/mol. The van der Waals surface area contributed by atoms with E-state index in [0.29, 0.717) is 6.20 Å². The van der Waals surface area contributed by atoms with Crippen LogP contribution in [-0.4, -0.2) is 21.7 Å². The van der Waals surface area contributed by atoms with Gasteiger partial charge in [0.1, 0.15) is 10.6 Å². The lowest BCUT2D eigenvalue weighted by Crippen LogP contribution is -2.19. The van der Waals surface area contributed by atoms with Crippen LogP contribution in [0.3, 0.4) is 0 Å². The Morgan fingerprint density at radius 1 is 1.50 bits per heavy atom. The van der Waals surface area contributed by atoms with Crippen LogP contribution in [0.4, 0.5) is 13.2 Å². The van der Waals surface area contributed by atoms with Crippen LogP contribution >= 0.6 is 23.2 Å². The van der Waals surface area contributed by atoms with E-state index >= 15 is 0 Å². The maximum atomic E-state index is 11.9. The molecule has 0 radical (unpaired) electrons. The summed E-state index contributed by atoms with van der Waals surface area (Å²) in [6.07, 6.45) is -4.44. The second kappa shape index (κ2) is 4.34. The molecule has 9 heteroatoms. The van der Waals surface area contributed by atoms with Crippen molar-refractivity contribution in [2.24, 2.45) is 0 Å². The number of carbonyl (C=O) groups excluding carboxylic acids is 1. The van der Waals surface area contributed by atoms with Gasteiger partial charge in [-0.15, -0.1) is 13.2 Å². The summed E-state index contributed by atoms with van der Waals surface area (Å²) in [5, 5.41) is 7.05. The highest BCUT2D eigenvalue weighted by atomic mass is 35.5. The smallest absolute Gasteiger partial charge is 0.505 e. The first-order valence-corrected chi connectivity index (χ1v) is 4.31. The number of hydrogen-bond acceptors (Lipinski definition) is 4. The Kier molecular flexibility index (Phi) is 3.49. The van der Waals surface area contributed by atoms with E-state index in [2.05, 4.69) is 9.72 Å². The van der Waals surface area contributed by atoms with Crippen molar-refractivity contribution in [1.29, 1.82) is 0 Å². The molecule has 16 heavy (non-hydrogen) atoms. The molecule has 88 valence electrons. The van der Waals surface area contributed by atoms with E-state index in [4.69, 9.17) is 28.3 Å². The third kappa shape index (κ3) is 2.89. The van der Waals surface area contributed by atoms with E-state index in [9.17, 15) is 18.0 Å². The molecule has 1 N–H and O–H groups in total. The molecule has 0 bridgehead atoms. The molecule has 4 nitrogen and oxygen atoms in total. The van der Waals surface area contributed by atoms with Crippen molar-refractivity contribution in [3.63, 3.8) is 0 Å². The van der Waals surface area contributed by atoms with Crippen molar-refractivity contribution in [3.8, 4) is 11.6 Å². The number of hydrogen-bond donors (Lipinski definition) is 1. The van der Waals surface area contributed by atoms with Gasteiger partial charge in [-0.1, -0.05) is 11.6 Å². The Bertz CT molecular complexity index is 436. The molecule has 0 aliphatic carbocycles. The van der Waals surface area contributed by atoms with Crippen LogP contribution < -0.4 is 4.74 Å². The van der Waals surface area contributed by atoms with Crippen LogP contribution in [0.5, 0.6) is 11.6 Å². The van der Waals surface area contributed by atoms with Gasteiger partial charge in [0.15, 0.2) is 5.75 Å². The molecule has 0 unspecified atom stereocenters. The molecular weight excluding hydrogens is 274 g/mol. The van der Waals surface area contributed by atoms with Crippen LogP contribution in [0.15, 0.2) is 6.20 Å². The van der Waals surface area contributed by atoms with E-state index in [-0.39, 0.29) is 0 Å². The van der Waals surface area contributed by atoms with Gasteiger partial charge < -0.3 is 9.84 Å². The molecule has 0 aliphatic rings. The van der Waals surface area contributed by atoms with E-state index in [1.165, 1.54) is 0 Å². The highest BCUT2D eigenvalue weighted by Crippen LogP contribution is 2.35. The molecule has 1 rings (SSSR count). The summed E-state index contributed by atoms with van der Waals surface area (Å²) in [7, 11) is 0. The summed E-state index contributed by atoms with van der Waals surface area (Å²) >= 11 is 10.4. The standard InChI is InChI=1S/C7H2Cl2F3NO3/c8-4-2(14)1-13-6(3(4)5(9)15)16-7(10,11)12/h1,14H. The molecule has 0 fully saturated rings. The first-order valence-electron chi connectivity index (χ1n) is 3.55. The van der Waals surface area contributed by atoms with Gasteiger partial charge in [0.25, 0.3) is 5.24 Å². The van der Waals surface area contributed by atoms with E-state index in [0.717, 1.165) is 0 Å². The zero-order chi connectivity index (χ0) is 12.5. The third-order valence-electron chi connectivity index (χ3n) is 1.37. The largest absolute Gasteiger partial charge is 0.574 e. The average molecular weight is 276 g/mol. The fraction of sp³-hybridized carbons (Fsp3) is 0.143. The van der Waals surface area contributed by atoms with Gasteiger partial charge in [-0.2, -0.15) is 0 Å². The lowest BCUT2D eigenvalue weighted by atomic mass is 10.3. The molecule has 1 aromatic rings. The van der Waals surface area contributed by atoms with Gasteiger partial charge in [0.05, 0.1) is 6.20 Å². The number of aromatic nitrogens is 1. The number of halogens is 5. The van der Waals surface area contributed by atoms with Crippen molar-refractivity contribution < 1.29 is 27.8 Å². The summed E-state index contributed by atoms with van der Waals surface area (Å²) in [4.78, 5) is 13.9. The summed E-state index contributed by atoms with van der Waals surface area (Å²) < 4.78 is 39.1. The van der Waals surface area contributed by atoms with Gasteiger partial charge in [-0.3, -0.25) is 4.79 Å². The zero-order valence-corrected chi connectivity index (χ0v) is 8.69. The van der Waals surface area contributed by atoms with Crippen LogP contribution in [0.1, 0.15) is 10.4 Å². The van der Waals surface area contributed by atoms with Gasteiger partial charge in [-0.05, 0) is 11.6 Å². The third-order valence-corrected chi connectivity index (χ3v) is 1.94. The first kappa shape index (κ1) is 12.9. The van der Waals surface area contributed by atoms with Crippen LogP contribution in [0.2, 0.25) is 5.02 Å². The number of nitrogens with zero attached hydrogens (tertiary/aromatic N) is 1. The van der Waals surface area contributed by atoms with Gasteiger partial charge >= 0.3 is 6.36 Å². The number of carbonyl (C=O) groups is 1. The Balaban J connectivity index is 3.29. The molecular formula is C7H2Cl2F3NO3. The molecule has 0 amide bonds. The van der Waals surface area contributed by atoms with Crippen LogP contribution in [-0.2, 0) is 0 Å². The summed E-state index contributed by atoms with van der Waals surface area (Å²) in [6, 6.07) is 0. The Labute approximate surface area is 96.6 Å². The Hall–Kier alpha value is -1.21. The number of rotatable bonds is 2. The molecule has 1 aromatic heterocycles. The van der Waals surface area contributed by atoms with E-state index < -0.39 is 33.8 Å². The minimum absolute atomic E-state index is 0.604. The van der Waals surface area contributed by atoms with Crippen molar-refractivity contribution in [2.45, 2.75) is 6.36 Å². The average Bonchev–Trinajstić information content (AvgIpc) is 2.08. The number of ether oxygens (including phenoxy) is 1. The lowest BCUT2D eigenvalue weighted by molar-refractivity contribution is -0.276. The van der Waals surface area contributed by atoms with E-state index in [1.54, 1.807) is 0 Å². The van der Waals surface area contributed by atoms with Crippen molar-refractivity contribution in [2.75, 3.05) is 0 Å². The number of pyridine rings is 1.